The van der Waals surface area contributed by atoms with E-state index in [1.54, 1.807) is 44.2 Å². The number of halogens is 1. The summed E-state index contributed by atoms with van der Waals surface area (Å²) in [6, 6.07) is 6.98. The Bertz CT molecular complexity index is 549. The number of ether oxygens (including phenoxy) is 1. The van der Waals surface area contributed by atoms with Gasteiger partial charge in [0.05, 0.1) is 6.54 Å². The number of anilines is 1. The van der Waals surface area contributed by atoms with Crippen molar-refractivity contribution in [3.63, 3.8) is 0 Å². The lowest BCUT2D eigenvalue weighted by Gasteiger charge is -2.20. The van der Waals surface area contributed by atoms with Crippen molar-refractivity contribution in [2.45, 2.75) is 0 Å². The smallest absolute Gasteiger partial charge is 0.410 e. The molecule has 0 aliphatic rings. The van der Waals surface area contributed by atoms with Crippen LogP contribution in [0.3, 0.4) is 0 Å². The van der Waals surface area contributed by atoms with Gasteiger partial charge in [0.2, 0.25) is 0 Å². The first-order valence-corrected chi connectivity index (χ1v) is 6.93. The van der Waals surface area contributed by atoms with Crippen LogP contribution in [0.1, 0.15) is 0 Å². The van der Waals surface area contributed by atoms with Crippen LogP contribution in [0.5, 0.6) is 5.75 Å². The SMILES string of the molecule is C=C(Cl)CN(C)C(=S)Nc1cccc(OC(=O)N(C)C)c1. The van der Waals surface area contributed by atoms with E-state index in [9.17, 15) is 4.79 Å². The number of benzene rings is 1. The fourth-order valence-corrected chi connectivity index (χ4v) is 1.74. The summed E-state index contributed by atoms with van der Waals surface area (Å²) in [6.07, 6.45) is -0.440. The lowest BCUT2D eigenvalue weighted by molar-refractivity contribution is 0.172. The Morgan fingerprint density at radius 1 is 1.43 bits per heavy atom. The van der Waals surface area contributed by atoms with E-state index >= 15 is 0 Å². The summed E-state index contributed by atoms with van der Waals surface area (Å²) in [5.74, 6) is 0.436. The maximum absolute atomic E-state index is 11.5. The first-order chi connectivity index (χ1) is 9.79. The summed E-state index contributed by atoms with van der Waals surface area (Å²) in [7, 11) is 5.04. The summed E-state index contributed by atoms with van der Waals surface area (Å²) in [5, 5.41) is 4.03. The van der Waals surface area contributed by atoms with Crippen LogP contribution < -0.4 is 10.1 Å². The molecule has 21 heavy (non-hydrogen) atoms. The van der Waals surface area contributed by atoms with E-state index in [0.29, 0.717) is 22.4 Å². The second-order valence-electron chi connectivity index (χ2n) is 4.59. The van der Waals surface area contributed by atoms with E-state index in [1.807, 2.05) is 6.07 Å². The van der Waals surface area contributed by atoms with E-state index in [1.165, 1.54) is 4.90 Å². The summed E-state index contributed by atoms with van der Waals surface area (Å²) < 4.78 is 5.18. The standard InChI is InChI=1S/C14H18ClN3O2S/c1-10(15)9-18(4)13(21)16-11-6-5-7-12(8-11)20-14(19)17(2)3/h5-8H,1,9H2,2-4H3,(H,16,21). The van der Waals surface area contributed by atoms with Gasteiger partial charge < -0.3 is 19.9 Å². The Kier molecular flexibility index (Phi) is 6.45. The van der Waals surface area contributed by atoms with E-state index in [2.05, 4.69) is 11.9 Å². The predicted octanol–water partition coefficient (Wildman–Crippen LogP) is 3.13. The van der Waals surface area contributed by atoms with E-state index < -0.39 is 6.09 Å². The third-order valence-corrected chi connectivity index (χ3v) is 2.94. The highest BCUT2D eigenvalue weighted by Crippen LogP contribution is 2.18. The van der Waals surface area contributed by atoms with Crippen LogP contribution in [0, 0.1) is 0 Å². The topological polar surface area (TPSA) is 44.8 Å². The van der Waals surface area contributed by atoms with Crippen LogP contribution in [0.25, 0.3) is 0 Å². The van der Waals surface area contributed by atoms with Gasteiger partial charge >= 0.3 is 6.09 Å². The molecule has 114 valence electrons. The number of carbonyl (C=O) groups is 1. The van der Waals surface area contributed by atoms with Crippen LogP contribution in [0.2, 0.25) is 0 Å². The molecule has 0 spiro atoms. The molecule has 0 atom stereocenters. The van der Waals surface area contributed by atoms with Gasteiger partial charge in [-0.25, -0.2) is 4.79 Å². The summed E-state index contributed by atoms with van der Waals surface area (Å²) in [6.45, 7) is 4.07. The molecule has 1 aromatic rings. The van der Waals surface area contributed by atoms with Crippen molar-refractivity contribution in [2.75, 3.05) is 33.0 Å². The third kappa shape index (κ3) is 6.01. The number of nitrogens with one attached hydrogen (secondary N) is 1. The first kappa shape index (κ1) is 17.3. The van der Waals surface area contributed by atoms with Crippen molar-refractivity contribution >= 4 is 40.7 Å². The van der Waals surface area contributed by atoms with Gasteiger partial charge in [-0.1, -0.05) is 24.2 Å². The first-order valence-electron chi connectivity index (χ1n) is 6.14. The van der Waals surface area contributed by atoms with Crippen LogP contribution in [0.15, 0.2) is 35.9 Å². The third-order valence-electron chi connectivity index (χ3n) is 2.41. The fraction of sp³-hybridized carbons (Fsp3) is 0.286. The number of hydrogen-bond acceptors (Lipinski definition) is 3. The van der Waals surface area contributed by atoms with Crippen molar-refractivity contribution in [1.82, 2.24) is 9.80 Å². The zero-order valence-corrected chi connectivity index (χ0v) is 13.8. The molecule has 0 saturated heterocycles. The minimum absolute atomic E-state index is 0.436. The van der Waals surface area contributed by atoms with E-state index in [4.69, 9.17) is 28.6 Å². The van der Waals surface area contributed by atoms with E-state index in [0.717, 1.165) is 5.69 Å². The highest BCUT2D eigenvalue weighted by Gasteiger charge is 2.09. The van der Waals surface area contributed by atoms with Gasteiger partial charge in [-0.15, -0.1) is 0 Å². The molecule has 0 bridgehead atoms. The van der Waals surface area contributed by atoms with Gasteiger partial charge in [0.25, 0.3) is 0 Å². The molecule has 1 amide bonds. The summed E-state index contributed by atoms with van der Waals surface area (Å²) in [5.41, 5.74) is 0.719. The van der Waals surface area contributed by atoms with E-state index in [-0.39, 0.29) is 0 Å². The highest BCUT2D eigenvalue weighted by atomic mass is 35.5. The van der Waals surface area contributed by atoms with Gasteiger partial charge in [-0.3, -0.25) is 0 Å². The number of rotatable bonds is 4. The van der Waals surface area contributed by atoms with Crippen molar-refractivity contribution in [3.05, 3.63) is 35.9 Å². The molecule has 0 unspecified atom stereocenters. The number of likely N-dealkylation sites (N-methyl/N-ethyl adjacent to an activating group) is 1. The molecule has 0 aliphatic heterocycles. The van der Waals surface area contributed by atoms with Crippen LogP contribution >= 0.6 is 23.8 Å². The highest BCUT2D eigenvalue weighted by molar-refractivity contribution is 7.80. The monoisotopic (exact) mass is 327 g/mol. The molecule has 7 heteroatoms. The molecule has 1 rings (SSSR count). The maximum Gasteiger partial charge on any atom is 0.414 e. The second-order valence-corrected chi connectivity index (χ2v) is 5.51. The van der Waals surface area contributed by atoms with Gasteiger partial charge in [-0.05, 0) is 24.4 Å². The largest absolute Gasteiger partial charge is 0.414 e. The van der Waals surface area contributed by atoms with Gasteiger partial charge in [0, 0.05) is 37.9 Å². The summed E-state index contributed by atoms with van der Waals surface area (Å²) in [4.78, 5) is 14.6. The molecule has 0 aliphatic carbocycles. The predicted molar refractivity (Wildman–Crippen MR) is 90.0 cm³/mol. The minimum atomic E-state index is -0.440. The Hall–Kier alpha value is -1.79. The van der Waals surface area contributed by atoms with Crippen molar-refractivity contribution in [3.8, 4) is 5.75 Å². The minimum Gasteiger partial charge on any atom is -0.410 e. The zero-order chi connectivity index (χ0) is 16.0. The van der Waals surface area contributed by atoms with Gasteiger partial charge in [0.15, 0.2) is 5.11 Å². The maximum atomic E-state index is 11.5. The van der Waals surface area contributed by atoms with Crippen LogP contribution in [0.4, 0.5) is 10.5 Å². The second kappa shape index (κ2) is 7.85. The van der Waals surface area contributed by atoms with Gasteiger partial charge in [-0.2, -0.15) is 0 Å². The Morgan fingerprint density at radius 2 is 2.10 bits per heavy atom. The number of hydrogen-bond donors (Lipinski definition) is 1. The Labute approximate surface area is 135 Å². The van der Waals surface area contributed by atoms with Crippen molar-refractivity contribution < 1.29 is 9.53 Å². The molecular formula is C14H18ClN3O2S. The molecule has 0 radical (unpaired) electrons. The molecule has 0 saturated carbocycles. The fourth-order valence-electron chi connectivity index (χ4n) is 1.38. The molecule has 0 aromatic heterocycles. The Morgan fingerprint density at radius 3 is 2.67 bits per heavy atom. The van der Waals surface area contributed by atoms with Crippen molar-refractivity contribution in [2.24, 2.45) is 0 Å². The molecular weight excluding hydrogens is 310 g/mol. The number of carbonyl (C=O) groups excluding carboxylic acids is 1. The number of amides is 1. The lowest BCUT2D eigenvalue weighted by atomic mass is 10.3. The molecule has 1 N–H and O–H groups in total. The summed E-state index contributed by atoms with van der Waals surface area (Å²) >= 11 is 11.0. The molecule has 0 fully saturated rings. The molecule has 5 nitrogen and oxygen atoms in total. The lowest BCUT2D eigenvalue weighted by Crippen LogP contribution is -2.32. The quantitative estimate of drug-likeness (QED) is 0.861. The average Bonchev–Trinajstić information content (AvgIpc) is 2.38. The number of nitrogens with zero attached hydrogens (tertiary/aromatic N) is 2. The van der Waals surface area contributed by atoms with Crippen LogP contribution in [-0.4, -0.2) is 48.7 Å². The zero-order valence-electron chi connectivity index (χ0n) is 12.2. The molecule has 1 aromatic carbocycles. The molecule has 0 heterocycles. The number of thiocarbonyl (C=S) groups is 1. The van der Waals surface area contributed by atoms with Crippen LogP contribution in [-0.2, 0) is 0 Å². The normalized spacial score (nSPS) is 9.71. The van der Waals surface area contributed by atoms with Crippen molar-refractivity contribution in [1.29, 1.82) is 0 Å². The Balaban J connectivity index is 2.70. The average molecular weight is 328 g/mol. The van der Waals surface area contributed by atoms with Gasteiger partial charge in [0.1, 0.15) is 5.75 Å².